The van der Waals surface area contributed by atoms with Gasteiger partial charge in [-0.1, -0.05) is 25.1 Å². The van der Waals surface area contributed by atoms with E-state index in [2.05, 4.69) is 13.7 Å². The molecule has 2 aromatic rings. The predicted octanol–water partition coefficient (Wildman–Crippen LogP) is 4.00. The SMILES string of the molecule is CC1CC(C(N)=NCc2ccccc2C(F)(F)F)=Cc2nsnc21. The summed E-state index contributed by atoms with van der Waals surface area (Å²) in [5.41, 5.74) is 7.90. The van der Waals surface area contributed by atoms with Crippen LogP contribution in [0.3, 0.4) is 0 Å². The van der Waals surface area contributed by atoms with Crippen molar-refractivity contribution < 1.29 is 13.2 Å². The summed E-state index contributed by atoms with van der Waals surface area (Å²) in [5, 5.41) is 0. The summed E-state index contributed by atoms with van der Waals surface area (Å²) in [4.78, 5) is 4.17. The normalized spacial score (nSPS) is 18.2. The lowest BCUT2D eigenvalue weighted by molar-refractivity contribution is -0.138. The molecule has 2 N–H and O–H groups in total. The number of amidine groups is 1. The third-order valence-corrected chi connectivity index (χ3v) is 4.47. The van der Waals surface area contributed by atoms with Crippen LogP contribution in [0.5, 0.6) is 0 Å². The van der Waals surface area contributed by atoms with E-state index in [1.807, 2.05) is 13.0 Å². The third kappa shape index (κ3) is 3.33. The fraction of sp³-hybridized carbons (Fsp3) is 0.312. The Kier molecular flexibility index (Phi) is 4.40. The van der Waals surface area contributed by atoms with E-state index < -0.39 is 11.7 Å². The van der Waals surface area contributed by atoms with E-state index >= 15 is 0 Å². The van der Waals surface area contributed by atoms with Gasteiger partial charge in [0.15, 0.2) is 0 Å². The molecule has 3 rings (SSSR count). The van der Waals surface area contributed by atoms with E-state index in [-0.39, 0.29) is 23.9 Å². The van der Waals surface area contributed by atoms with E-state index in [4.69, 9.17) is 5.73 Å². The van der Waals surface area contributed by atoms with Crippen LogP contribution in [0.25, 0.3) is 6.08 Å². The first-order valence-corrected chi connectivity index (χ1v) is 8.07. The molecule has 1 unspecified atom stereocenters. The highest BCUT2D eigenvalue weighted by Gasteiger charge is 2.32. The molecule has 24 heavy (non-hydrogen) atoms. The van der Waals surface area contributed by atoms with E-state index in [0.717, 1.165) is 34.8 Å². The summed E-state index contributed by atoms with van der Waals surface area (Å²) < 4.78 is 47.5. The lowest BCUT2D eigenvalue weighted by Gasteiger charge is -2.17. The van der Waals surface area contributed by atoms with Crippen molar-refractivity contribution in [1.29, 1.82) is 0 Å². The Balaban J connectivity index is 1.84. The van der Waals surface area contributed by atoms with Crippen molar-refractivity contribution >= 4 is 23.6 Å². The minimum absolute atomic E-state index is 0.105. The van der Waals surface area contributed by atoms with Gasteiger partial charge in [-0.3, -0.25) is 4.99 Å². The average molecular weight is 352 g/mol. The van der Waals surface area contributed by atoms with Crippen LogP contribution in [0.2, 0.25) is 0 Å². The highest BCUT2D eigenvalue weighted by Crippen LogP contribution is 2.33. The number of hydrogen-bond donors (Lipinski definition) is 1. The summed E-state index contributed by atoms with van der Waals surface area (Å²) in [6, 6.07) is 5.39. The Morgan fingerprint density at radius 1 is 1.33 bits per heavy atom. The number of alkyl halides is 3. The molecule has 0 saturated heterocycles. The third-order valence-electron chi connectivity index (χ3n) is 3.92. The summed E-state index contributed by atoms with van der Waals surface area (Å²) in [7, 11) is 0. The number of nitrogens with zero attached hydrogens (tertiary/aromatic N) is 3. The molecule has 1 atom stereocenters. The summed E-state index contributed by atoms with van der Waals surface area (Å²) in [5.74, 6) is 0.410. The van der Waals surface area contributed by atoms with Crippen molar-refractivity contribution in [2.75, 3.05) is 0 Å². The molecule has 0 amide bonds. The Labute approximate surface area is 141 Å². The average Bonchev–Trinajstić information content (AvgIpc) is 3.01. The topological polar surface area (TPSA) is 64.2 Å². The van der Waals surface area contributed by atoms with E-state index in [1.165, 1.54) is 12.1 Å². The van der Waals surface area contributed by atoms with Gasteiger partial charge in [-0.15, -0.1) is 0 Å². The largest absolute Gasteiger partial charge is 0.416 e. The van der Waals surface area contributed by atoms with Crippen molar-refractivity contribution in [1.82, 2.24) is 8.75 Å². The Bertz CT molecular complexity index is 808. The number of nitrogens with two attached hydrogens (primary N) is 1. The fourth-order valence-electron chi connectivity index (χ4n) is 2.68. The maximum atomic E-state index is 13.0. The molecule has 1 heterocycles. The molecule has 0 saturated carbocycles. The molecular formula is C16H15F3N4S. The van der Waals surface area contributed by atoms with Gasteiger partial charge in [-0.25, -0.2) is 0 Å². The molecule has 4 nitrogen and oxygen atoms in total. The molecule has 1 aliphatic carbocycles. The molecule has 0 aliphatic heterocycles. The van der Waals surface area contributed by atoms with Crippen LogP contribution in [-0.2, 0) is 12.7 Å². The molecule has 0 radical (unpaired) electrons. The molecule has 0 spiro atoms. The highest BCUT2D eigenvalue weighted by molar-refractivity contribution is 6.99. The second kappa shape index (κ2) is 6.35. The number of aliphatic imine (C=N–C) groups is 1. The molecular weight excluding hydrogens is 337 g/mol. The number of aromatic nitrogens is 2. The monoisotopic (exact) mass is 352 g/mol. The summed E-state index contributed by atoms with van der Waals surface area (Å²) in [6.45, 7) is 1.90. The van der Waals surface area contributed by atoms with Gasteiger partial charge in [-0.2, -0.15) is 21.9 Å². The van der Waals surface area contributed by atoms with Gasteiger partial charge in [-0.05, 0) is 29.7 Å². The van der Waals surface area contributed by atoms with Crippen molar-refractivity contribution in [2.24, 2.45) is 10.7 Å². The summed E-state index contributed by atoms with van der Waals surface area (Å²) >= 11 is 1.14. The first kappa shape index (κ1) is 16.6. The Morgan fingerprint density at radius 3 is 2.83 bits per heavy atom. The van der Waals surface area contributed by atoms with Crippen molar-refractivity contribution in [3.63, 3.8) is 0 Å². The van der Waals surface area contributed by atoms with Crippen LogP contribution in [0, 0.1) is 0 Å². The zero-order valence-corrected chi connectivity index (χ0v) is 13.7. The van der Waals surface area contributed by atoms with Gasteiger partial charge in [0.2, 0.25) is 0 Å². The van der Waals surface area contributed by atoms with Gasteiger partial charge in [0, 0.05) is 5.92 Å². The Hall–Kier alpha value is -2.22. The first-order valence-electron chi connectivity index (χ1n) is 7.34. The van der Waals surface area contributed by atoms with Crippen LogP contribution in [0.4, 0.5) is 13.2 Å². The standard InChI is InChI=1S/C16H15F3N4S/c1-9-6-11(7-13-14(9)23-24-22-13)15(20)21-8-10-4-2-3-5-12(10)16(17,18)19/h2-5,7,9H,6,8H2,1H3,(H2,20,21). The number of benzene rings is 1. The highest BCUT2D eigenvalue weighted by atomic mass is 32.1. The van der Waals surface area contributed by atoms with Crippen LogP contribution in [0.1, 0.15) is 41.8 Å². The van der Waals surface area contributed by atoms with E-state index in [1.54, 1.807) is 6.07 Å². The smallest absolute Gasteiger partial charge is 0.384 e. The number of fused-ring (bicyclic) bond motifs is 1. The quantitative estimate of drug-likeness (QED) is 0.671. The van der Waals surface area contributed by atoms with Crippen LogP contribution < -0.4 is 5.73 Å². The maximum absolute atomic E-state index is 13.0. The van der Waals surface area contributed by atoms with Crippen LogP contribution in [0.15, 0.2) is 34.8 Å². The number of hydrogen-bond acceptors (Lipinski definition) is 4. The van der Waals surface area contributed by atoms with Gasteiger partial charge < -0.3 is 5.73 Å². The zero-order chi connectivity index (χ0) is 17.3. The zero-order valence-electron chi connectivity index (χ0n) is 12.8. The van der Waals surface area contributed by atoms with E-state index in [0.29, 0.717) is 6.42 Å². The predicted molar refractivity (Wildman–Crippen MR) is 87.7 cm³/mol. The minimum Gasteiger partial charge on any atom is -0.384 e. The van der Waals surface area contributed by atoms with E-state index in [9.17, 15) is 13.2 Å². The first-order chi connectivity index (χ1) is 11.4. The second-order valence-corrected chi connectivity index (χ2v) is 6.19. The van der Waals surface area contributed by atoms with Gasteiger partial charge >= 0.3 is 6.18 Å². The fourth-order valence-corrected chi connectivity index (χ4v) is 3.32. The van der Waals surface area contributed by atoms with Gasteiger partial charge in [0.1, 0.15) is 11.5 Å². The maximum Gasteiger partial charge on any atom is 0.416 e. The van der Waals surface area contributed by atoms with Crippen molar-refractivity contribution in [2.45, 2.75) is 32.0 Å². The summed E-state index contributed by atoms with van der Waals surface area (Å²) in [6.07, 6.45) is -1.94. The van der Waals surface area contributed by atoms with Crippen molar-refractivity contribution in [3.8, 4) is 0 Å². The van der Waals surface area contributed by atoms with Crippen LogP contribution in [-0.4, -0.2) is 14.6 Å². The molecule has 0 fully saturated rings. The molecule has 126 valence electrons. The lowest BCUT2D eigenvalue weighted by Crippen LogP contribution is -2.19. The van der Waals surface area contributed by atoms with Crippen LogP contribution >= 0.6 is 11.7 Å². The lowest BCUT2D eigenvalue weighted by atomic mass is 9.90. The van der Waals surface area contributed by atoms with Gasteiger partial charge in [0.05, 0.1) is 29.5 Å². The minimum atomic E-state index is -4.40. The molecule has 0 bridgehead atoms. The molecule has 1 aliphatic rings. The molecule has 1 aromatic carbocycles. The van der Waals surface area contributed by atoms with Gasteiger partial charge in [0.25, 0.3) is 0 Å². The number of halogens is 3. The number of rotatable bonds is 3. The molecule has 8 heteroatoms. The second-order valence-electron chi connectivity index (χ2n) is 5.67. The van der Waals surface area contributed by atoms with Crippen molar-refractivity contribution in [3.05, 3.63) is 52.4 Å². The molecule has 1 aromatic heterocycles. The Morgan fingerprint density at radius 2 is 2.08 bits per heavy atom.